The minimum absolute atomic E-state index is 1.07. The maximum absolute atomic E-state index is 3.36. The highest BCUT2D eigenvalue weighted by Crippen LogP contribution is 2.14. The van der Waals surface area contributed by atoms with E-state index < -0.39 is 0 Å². The molecule has 0 saturated carbocycles. The Bertz CT molecular complexity index is 279. The number of hydrogen-bond acceptors (Lipinski definition) is 2. The molecule has 0 radical (unpaired) electrons. The molecule has 0 amide bonds. The molecule has 16 heavy (non-hydrogen) atoms. The lowest BCUT2D eigenvalue weighted by Gasteiger charge is -2.23. The Balaban J connectivity index is 2.44. The smallest absolute Gasteiger partial charge is 0.0366 e. The normalized spacial score (nSPS) is 10.4. The number of nitrogens with one attached hydrogen (secondary N) is 1. The fourth-order valence-corrected chi connectivity index (χ4v) is 1.80. The van der Waals surface area contributed by atoms with Gasteiger partial charge in [-0.2, -0.15) is 0 Å². The lowest BCUT2D eigenvalue weighted by atomic mass is 10.2. The summed E-state index contributed by atoms with van der Waals surface area (Å²) < 4.78 is 0. The topological polar surface area (TPSA) is 15.3 Å². The summed E-state index contributed by atoms with van der Waals surface area (Å²) in [6, 6.07) is 8.79. The van der Waals surface area contributed by atoms with Crippen LogP contribution in [0.3, 0.4) is 0 Å². The average Bonchev–Trinajstić information content (AvgIpc) is 2.31. The van der Waals surface area contributed by atoms with Crippen molar-refractivity contribution in [3.63, 3.8) is 0 Å². The minimum atomic E-state index is 1.07. The van der Waals surface area contributed by atoms with Crippen molar-refractivity contribution in [2.24, 2.45) is 0 Å². The number of benzene rings is 1. The summed E-state index contributed by atoms with van der Waals surface area (Å²) in [4.78, 5) is 2.43. The Morgan fingerprint density at radius 3 is 2.38 bits per heavy atom. The van der Waals surface area contributed by atoms with Gasteiger partial charge < -0.3 is 10.2 Å². The molecule has 2 heteroatoms. The molecule has 1 rings (SSSR count). The van der Waals surface area contributed by atoms with Gasteiger partial charge in [0.2, 0.25) is 0 Å². The van der Waals surface area contributed by atoms with Crippen molar-refractivity contribution in [1.29, 1.82) is 0 Å². The van der Waals surface area contributed by atoms with Crippen LogP contribution in [0.2, 0.25) is 0 Å². The molecule has 0 bridgehead atoms. The molecule has 0 aliphatic heterocycles. The second-order valence-corrected chi connectivity index (χ2v) is 4.12. The van der Waals surface area contributed by atoms with E-state index in [1.54, 1.807) is 0 Å². The number of hydrogen-bond donors (Lipinski definition) is 1. The first kappa shape index (κ1) is 13.0. The molecule has 1 aromatic carbocycles. The van der Waals surface area contributed by atoms with Crippen LogP contribution in [-0.4, -0.2) is 26.2 Å². The standard InChI is InChI=1S/C14H24N2/c1-4-15-11-6-12-16(5-2)14-9-7-13(3)8-10-14/h7-10,15H,4-6,11-12H2,1-3H3. The molecular weight excluding hydrogens is 196 g/mol. The lowest BCUT2D eigenvalue weighted by molar-refractivity contribution is 0.656. The first-order valence-corrected chi connectivity index (χ1v) is 6.30. The second kappa shape index (κ2) is 7.29. The number of anilines is 1. The molecule has 0 aliphatic carbocycles. The molecule has 0 aliphatic rings. The number of rotatable bonds is 7. The molecule has 1 aromatic rings. The number of aryl methyl sites for hydroxylation is 1. The Kier molecular flexibility index (Phi) is 5.94. The van der Waals surface area contributed by atoms with Crippen molar-refractivity contribution in [3.05, 3.63) is 29.8 Å². The van der Waals surface area contributed by atoms with E-state index in [4.69, 9.17) is 0 Å². The molecule has 0 atom stereocenters. The molecule has 0 unspecified atom stereocenters. The van der Waals surface area contributed by atoms with E-state index in [0.717, 1.165) is 26.2 Å². The van der Waals surface area contributed by atoms with Gasteiger partial charge in [0.1, 0.15) is 0 Å². The van der Waals surface area contributed by atoms with Gasteiger partial charge in [-0.25, -0.2) is 0 Å². The van der Waals surface area contributed by atoms with Crippen molar-refractivity contribution < 1.29 is 0 Å². The van der Waals surface area contributed by atoms with Gasteiger partial charge in [0.05, 0.1) is 0 Å². The van der Waals surface area contributed by atoms with Gasteiger partial charge in [0, 0.05) is 18.8 Å². The van der Waals surface area contributed by atoms with Gasteiger partial charge in [-0.15, -0.1) is 0 Å². The number of nitrogens with zero attached hydrogens (tertiary/aromatic N) is 1. The molecule has 1 N–H and O–H groups in total. The summed E-state index contributed by atoms with van der Waals surface area (Å²) in [5, 5.41) is 3.36. The molecular formula is C14H24N2. The summed E-state index contributed by atoms with van der Waals surface area (Å²) in [7, 11) is 0. The van der Waals surface area contributed by atoms with Gasteiger partial charge >= 0.3 is 0 Å². The van der Waals surface area contributed by atoms with Gasteiger partial charge in [-0.3, -0.25) is 0 Å². The summed E-state index contributed by atoms with van der Waals surface area (Å²) in [6.07, 6.45) is 1.20. The molecule has 0 fully saturated rings. The van der Waals surface area contributed by atoms with Crippen molar-refractivity contribution in [3.8, 4) is 0 Å². The van der Waals surface area contributed by atoms with Crippen LogP contribution < -0.4 is 10.2 Å². The quantitative estimate of drug-likeness (QED) is 0.711. The summed E-state index contributed by atoms with van der Waals surface area (Å²) in [5.41, 5.74) is 2.66. The van der Waals surface area contributed by atoms with E-state index in [0.29, 0.717) is 0 Å². The first-order valence-electron chi connectivity index (χ1n) is 6.30. The Morgan fingerprint density at radius 2 is 1.81 bits per heavy atom. The zero-order valence-corrected chi connectivity index (χ0v) is 10.8. The Labute approximate surface area is 99.7 Å². The summed E-state index contributed by atoms with van der Waals surface area (Å²) in [6.45, 7) is 10.9. The van der Waals surface area contributed by atoms with Crippen molar-refractivity contribution in [1.82, 2.24) is 5.32 Å². The zero-order chi connectivity index (χ0) is 11.8. The van der Waals surface area contributed by atoms with E-state index in [9.17, 15) is 0 Å². The maximum Gasteiger partial charge on any atom is 0.0366 e. The molecule has 0 spiro atoms. The average molecular weight is 220 g/mol. The zero-order valence-electron chi connectivity index (χ0n) is 10.8. The van der Waals surface area contributed by atoms with Gasteiger partial charge in [-0.1, -0.05) is 24.6 Å². The molecule has 0 heterocycles. The van der Waals surface area contributed by atoms with Crippen LogP contribution in [0, 0.1) is 6.92 Å². The fourth-order valence-electron chi connectivity index (χ4n) is 1.80. The van der Waals surface area contributed by atoms with Crippen molar-refractivity contribution in [2.45, 2.75) is 27.2 Å². The molecule has 0 saturated heterocycles. The summed E-state index contributed by atoms with van der Waals surface area (Å²) in [5.74, 6) is 0. The van der Waals surface area contributed by atoms with E-state index in [-0.39, 0.29) is 0 Å². The second-order valence-electron chi connectivity index (χ2n) is 4.12. The van der Waals surface area contributed by atoms with Crippen molar-refractivity contribution >= 4 is 5.69 Å². The largest absolute Gasteiger partial charge is 0.372 e. The van der Waals surface area contributed by atoms with Crippen LogP contribution in [0.4, 0.5) is 5.69 Å². The summed E-state index contributed by atoms with van der Waals surface area (Å²) >= 11 is 0. The van der Waals surface area contributed by atoms with E-state index >= 15 is 0 Å². The highest BCUT2D eigenvalue weighted by molar-refractivity contribution is 5.47. The molecule has 0 aromatic heterocycles. The van der Waals surface area contributed by atoms with Crippen LogP contribution in [-0.2, 0) is 0 Å². The predicted molar refractivity (Wildman–Crippen MR) is 72.2 cm³/mol. The highest BCUT2D eigenvalue weighted by atomic mass is 15.1. The third-order valence-corrected chi connectivity index (χ3v) is 2.81. The van der Waals surface area contributed by atoms with Gasteiger partial charge in [0.15, 0.2) is 0 Å². The van der Waals surface area contributed by atoms with Crippen molar-refractivity contribution in [2.75, 3.05) is 31.1 Å². The van der Waals surface area contributed by atoms with E-state index in [1.807, 2.05) is 0 Å². The van der Waals surface area contributed by atoms with E-state index in [1.165, 1.54) is 17.7 Å². The molecule has 2 nitrogen and oxygen atoms in total. The van der Waals surface area contributed by atoms with Crippen LogP contribution in [0.1, 0.15) is 25.8 Å². The predicted octanol–water partition coefficient (Wildman–Crippen LogP) is 2.82. The Hall–Kier alpha value is -1.02. The first-order chi connectivity index (χ1) is 7.77. The van der Waals surface area contributed by atoms with E-state index in [2.05, 4.69) is 55.3 Å². The third-order valence-electron chi connectivity index (χ3n) is 2.81. The fraction of sp³-hybridized carbons (Fsp3) is 0.571. The SMILES string of the molecule is CCNCCCN(CC)c1ccc(C)cc1. The maximum atomic E-state index is 3.36. The monoisotopic (exact) mass is 220 g/mol. The lowest BCUT2D eigenvalue weighted by Crippen LogP contribution is -2.27. The third kappa shape index (κ3) is 4.23. The van der Waals surface area contributed by atoms with Crippen LogP contribution in [0.5, 0.6) is 0 Å². The minimum Gasteiger partial charge on any atom is -0.372 e. The Morgan fingerprint density at radius 1 is 1.12 bits per heavy atom. The van der Waals surface area contributed by atoms with Crippen LogP contribution in [0.25, 0.3) is 0 Å². The van der Waals surface area contributed by atoms with Gasteiger partial charge in [0.25, 0.3) is 0 Å². The highest BCUT2D eigenvalue weighted by Gasteiger charge is 2.02. The molecule has 90 valence electrons. The van der Waals surface area contributed by atoms with Gasteiger partial charge in [-0.05, 0) is 45.5 Å². The van der Waals surface area contributed by atoms with Crippen LogP contribution in [0.15, 0.2) is 24.3 Å². The van der Waals surface area contributed by atoms with Crippen LogP contribution >= 0.6 is 0 Å².